The molecule has 0 aliphatic rings. The van der Waals surface area contributed by atoms with Gasteiger partial charge >= 0.3 is 0 Å². The number of ether oxygens (including phenoxy) is 1. The molecule has 0 amide bonds. The van der Waals surface area contributed by atoms with Gasteiger partial charge in [-0.1, -0.05) is 22.0 Å². The molecule has 2 rings (SSSR count). The van der Waals surface area contributed by atoms with Crippen molar-refractivity contribution in [3.63, 3.8) is 0 Å². The zero-order valence-corrected chi connectivity index (χ0v) is 15.9. The lowest BCUT2D eigenvalue weighted by Gasteiger charge is -2.05. The Hall–Kier alpha value is -1.62. The molecule has 0 saturated heterocycles. The minimum Gasteiger partial charge on any atom is -0.496 e. The molecule has 0 N–H and O–H groups in total. The molecule has 2 aromatic rings. The summed E-state index contributed by atoms with van der Waals surface area (Å²) in [7, 11) is -2.33. The van der Waals surface area contributed by atoms with E-state index in [9.17, 15) is 13.7 Å². The first-order chi connectivity index (χ1) is 10.9. The van der Waals surface area contributed by atoms with Crippen molar-refractivity contribution < 1.29 is 13.2 Å². The molecule has 0 aliphatic heterocycles. The number of nitriles is 1. The molecule has 0 bridgehead atoms. The van der Waals surface area contributed by atoms with Crippen LogP contribution in [0.4, 0.5) is 0 Å². The third-order valence-electron chi connectivity index (χ3n) is 3.00. The quantitative estimate of drug-likeness (QED) is 0.632. The molecule has 0 fully saturated rings. The monoisotopic (exact) mass is 455 g/mol. The van der Waals surface area contributed by atoms with E-state index in [1.807, 2.05) is 0 Å². The lowest BCUT2D eigenvalue weighted by atomic mass is 10.2. The average Bonchev–Trinajstić information content (AvgIpc) is 2.53. The Balaban J connectivity index is 2.48. The van der Waals surface area contributed by atoms with Crippen LogP contribution in [0.1, 0.15) is 5.56 Å². The number of benzene rings is 2. The van der Waals surface area contributed by atoms with E-state index < -0.39 is 9.84 Å². The second-order valence-corrected chi connectivity index (χ2v) is 8.16. The number of methoxy groups -OCH3 is 1. The SMILES string of the molecule is COc1ccc(C=C(C#N)S(=O)(=O)c2ccc(Br)cc2)cc1Br. The van der Waals surface area contributed by atoms with E-state index in [0.717, 1.165) is 4.47 Å². The fourth-order valence-corrected chi connectivity index (χ4v) is 3.82. The minimum atomic E-state index is -3.86. The summed E-state index contributed by atoms with van der Waals surface area (Å²) in [6.45, 7) is 0. The molecule has 0 atom stereocenters. The molecule has 4 nitrogen and oxygen atoms in total. The van der Waals surface area contributed by atoms with Crippen molar-refractivity contribution in [2.24, 2.45) is 0 Å². The van der Waals surface area contributed by atoms with Gasteiger partial charge in [-0.25, -0.2) is 8.42 Å². The summed E-state index contributed by atoms with van der Waals surface area (Å²) in [6.07, 6.45) is 1.33. The summed E-state index contributed by atoms with van der Waals surface area (Å²) >= 11 is 6.58. The van der Waals surface area contributed by atoms with Crippen molar-refractivity contribution >= 4 is 47.8 Å². The summed E-state index contributed by atoms with van der Waals surface area (Å²) in [5.74, 6) is 0.622. The predicted molar refractivity (Wildman–Crippen MR) is 95.6 cm³/mol. The van der Waals surface area contributed by atoms with Gasteiger partial charge in [-0.2, -0.15) is 5.26 Å². The van der Waals surface area contributed by atoms with Gasteiger partial charge in [0.1, 0.15) is 16.7 Å². The van der Waals surface area contributed by atoms with Gasteiger partial charge in [-0.15, -0.1) is 0 Å². The van der Waals surface area contributed by atoms with Crippen molar-refractivity contribution in [3.8, 4) is 11.8 Å². The molecular formula is C16H11Br2NO3S. The molecule has 0 spiro atoms. The third kappa shape index (κ3) is 4.02. The fourth-order valence-electron chi connectivity index (χ4n) is 1.83. The Morgan fingerprint density at radius 1 is 1.17 bits per heavy atom. The molecule has 0 radical (unpaired) electrons. The lowest BCUT2D eigenvalue weighted by Crippen LogP contribution is -2.03. The Bertz CT molecular complexity index is 898. The highest BCUT2D eigenvalue weighted by Gasteiger charge is 2.20. The molecule has 0 aromatic heterocycles. The van der Waals surface area contributed by atoms with Crippen molar-refractivity contribution in [2.75, 3.05) is 7.11 Å². The summed E-state index contributed by atoms with van der Waals surface area (Å²) in [5.41, 5.74) is 0.579. The second kappa shape index (κ2) is 7.30. The summed E-state index contributed by atoms with van der Waals surface area (Å²) in [6, 6.07) is 13.0. The normalized spacial score (nSPS) is 11.8. The molecule has 0 saturated carbocycles. The van der Waals surface area contributed by atoms with Crippen molar-refractivity contribution in [2.45, 2.75) is 4.90 Å². The maximum absolute atomic E-state index is 12.5. The van der Waals surface area contributed by atoms with Crippen LogP contribution in [0, 0.1) is 11.3 Å². The maximum atomic E-state index is 12.5. The van der Waals surface area contributed by atoms with Crippen molar-refractivity contribution in [1.82, 2.24) is 0 Å². The topological polar surface area (TPSA) is 67.2 Å². The van der Waals surface area contributed by atoms with Gasteiger partial charge < -0.3 is 4.74 Å². The van der Waals surface area contributed by atoms with Gasteiger partial charge in [0.05, 0.1) is 16.5 Å². The van der Waals surface area contributed by atoms with Gasteiger partial charge in [0.2, 0.25) is 9.84 Å². The number of allylic oxidation sites excluding steroid dienone is 1. The van der Waals surface area contributed by atoms with E-state index in [0.29, 0.717) is 15.8 Å². The van der Waals surface area contributed by atoms with Crippen LogP contribution < -0.4 is 4.74 Å². The van der Waals surface area contributed by atoms with Crippen LogP contribution >= 0.6 is 31.9 Å². The molecular weight excluding hydrogens is 446 g/mol. The predicted octanol–water partition coefficient (Wildman–Crippen LogP) is 4.56. The van der Waals surface area contributed by atoms with Crippen LogP contribution in [0.15, 0.2) is 61.2 Å². The zero-order valence-electron chi connectivity index (χ0n) is 12.0. The van der Waals surface area contributed by atoms with Crippen LogP contribution in [0.3, 0.4) is 0 Å². The highest BCUT2D eigenvalue weighted by Crippen LogP contribution is 2.28. The van der Waals surface area contributed by atoms with Gasteiger partial charge in [-0.05, 0) is 64.0 Å². The highest BCUT2D eigenvalue weighted by molar-refractivity contribution is 9.10. The Morgan fingerprint density at radius 2 is 1.83 bits per heavy atom. The van der Waals surface area contributed by atoms with Crippen molar-refractivity contribution in [3.05, 3.63) is 61.9 Å². The van der Waals surface area contributed by atoms with Gasteiger partial charge in [0, 0.05) is 4.47 Å². The third-order valence-corrected chi connectivity index (χ3v) is 5.83. The largest absolute Gasteiger partial charge is 0.496 e. The first kappa shape index (κ1) is 17.7. The fraction of sp³-hybridized carbons (Fsp3) is 0.0625. The first-order valence-corrected chi connectivity index (χ1v) is 9.41. The summed E-state index contributed by atoms with van der Waals surface area (Å²) in [4.78, 5) is -0.252. The molecule has 118 valence electrons. The van der Waals surface area contributed by atoms with Gasteiger partial charge in [0.15, 0.2) is 0 Å². The molecule has 7 heteroatoms. The van der Waals surface area contributed by atoms with Crippen LogP contribution in [-0.2, 0) is 9.84 Å². The molecule has 0 aliphatic carbocycles. The Kier molecular flexibility index (Phi) is 5.63. The van der Waals surface area contributed by atoms with E-state index in [1.165, 1.54) is 25.3 Å². The van der Waals surface area contributed by atoms with Gasteiger partial charge in [-0.3, -0.25) is 0 Å². The van der Waals surface area contributed by atoms with E-state index in [2.05, 4.69) is 31.9 Å². The average molecular weight is 457 g/mol. The van der Waals surface area contributed by atoms with Crippen LogP contribution in [0.5, 0.6) is 5.75 Å². The first-order valence-electron chi connectivity index (χ1n) is 6.34. The second-order valence-electron chi connectivity index (χ2n) is 4.47. The summed E-state index contributed by atoms with van der Waals surface area (Å²) < 4.78 is 31.6. The van der Waals surface area contributed by atoms with E-state index in [-0.39, 0.29) is 9.80 Å². The molecule has 0 heterocycles. The number of rotatable bonds is 4. The van der Waals surface area contributed by atoms with E-state index in [1.54, 1.807) is 36.4 Å². The maximum Gasteiger partial charge on any atom is 0.216 e. The number of halogens is 2. The molecule has 2 aromatic carbocycles. The number of sulfone groups is 1. The Morgan fingerprint density at radius 3 is 2.35 bits per heavy atom. The smallest absolute Gasteiger partial charge is 0.216 e. The molecule has 0 unspecified atom stereocenters. The minimum absolute atomic E-state index is 0.0704. The van der Waals surface area contributed by atoms with Crippen molar-refractivity contribution in [1.29, 1.82) is 5.26 Å². The highest BCUT2D eigenvalue weighted by atomic mass is 79.9. The Labute approximate surface area is 151 Å². The van der Waals surface area contributed by atoms with E-state index in [4.69, 9.17) is 4.74 Å². The molecule has 23 heavy (non-hydrogen) atoms. The van der Waals surface area contributed by atoms with Gasteiger partial charge in [0.25, 0.3) is 0 Å². The van der Waals surface area contributed by atoms with Crippen LogP contribution in [-0.4, -0.2) is 15.5 Å². The van der Waals surface area contributed by atoms with Crippen LogP contribution in [0.25, 0.3) is 6.08 Å². The number of nitrogens with zero attached hydrogens (tertiary/aromatic N) is 1. The van der Waals surface area contributed by atoms with Crippen LogP contribution in [0.2, 0.25) is 0 Å². The zero-order chi connectivity index (χ0) is 17.0. The standard InChI is InChI=1S/C16H11Br2NO3S/c1-22-16-7-2-11(9-15(16)18)8-14(10-19)23(20,21)13-5-3-12(17)4-6-13/h2-9H,1H3. The summed E-state index contributed by atoms with van der Waals surface area (Å²) in [5, 5.41) is 9.27. The van der Waals surface area contributed by atoms with E-state index >= 15 is 0 Å². The lowest BCUT2D eigenvalue weighted by molar-refractivity contribution is 0.412. The number of hydrogen-bond donors (Lipinski definition) is 0. The number of hydrogen-bond acceptors (Lipinski definition) is 4.